The van der Waals surface area contributed by atoms with Crippen LogP contribution < -0.4 is 24.4 Å². The van der Waals surface area contributed by atoms with Crippen LogP contribution in [0.4, 0.5) is 0 Å². The van der Waals surface area contributed by atoms with E-state index in [2.05, 4.69) is 11.9 Å². The summed E-state index contributed by atoms with van der Waals surface area (Å²) in [5.41, 5.74) is 1.96. The minimum absolute atomic E-state index is 0.0286. The molecular formula is C28H30N2O6S. The van der Waals surface area contributed by atoms with Crippen molar-refractivity contribution in [3.05, 3.63) is 84.5 Å². The van der Waals surface area contributed by atoms with Crippen molar-refractivity contribution >= 4 is 23.4 Å². The van der Waals surface area contributed by atoms with Gasteiger partial charge in [0.2, 0.25) is 0 Å². The molecule has 4 rings (SSSR count). The molecule has 1 unspecified atom stereocenters. The number of carbonyl (C=O) groups is 1. The number of thiazole rings is 1. The molecule has 2 heterocycles. The molecule has 0 bridgehead atoms. The Morgan fingerprint density at radius 1 is 1.16 bits per heavy atom. The number of carbonyl (C=O) groups excluding carboxylic acids is 1. The highest BCUT2D eigenvalue weighted by molar-refractivity contribution is 7.07. The molecule has 194 valence electrons. The zero-order valence-corrected chi connectivity index (χ0v) is 22.1. The summed E-state index contributed by atoms with van der Waals surface area (Å²) >= 11 is 1.23. The number of hydrogen-bond acceptors (Lipinski definition) is 8. The fraction of sp³-hybridized carbons (Fsp3) is 0.321. The van der Waals surface area contributed by atoms with E-state index < -0.39 is 12.0 Å². The Balaban J connectivity index is 1.83. The lowest BCUT2D eigenvalue weighted by molar-refractivity contribution is -0.136. The Kier molecular flexibility index (Phi) is 8.13. The lowest BCUT2D eigenvalue weighted by Gasteiger charge is -2.24. The van der Waals surface area contributed by atoms with E-state index in [1.165, 1.54) is 29.1 Å². The molecule has 0 aliphatic carbocycles. The SMILES string of the molecule is CCCCOc1ccc(C2C(C(=O)OC)=C(C)N=c3sc(=Cc4ccc(O)c(OCC)c4)c(=O)n32)cc1. The van der Waals surface area contributed by atoms with Gasteiger partial charge < -0.3 is 19.3 Å². The fourth-order valence-electron chi connectivity index (χ4n) is 4.13. The quantitative estimate of drug-likeness (QED) is 0.340. The standard InChI is InChI=1S/C28H30N2O6S/c1-5-7-14-36-20-11-9-19(10-12-20)25-24(27(33)34-4)17(3)29-28-30(25)26(32)23(37-28)16-18-8-13-21(31)22(15-18)35-6-2/h8-13,15-16,25,31H,5-7,14H2,1-4H3. The van der Waals surface area contributed by atoms with E-state index in [0.29, 0.717) is 45.1 Å². The van der Waals surface area contributed by atoms with E-state index in [9.17, 15) is 14.7 Å². The molecule has 1 aliphatic rings. The molecule has 1 atom stereocenters. The molecule has 0 saturated carbocycles. The van der Waals surface area contributed by atoms with Crippen molar-refractivity contribution in [2.45, 2.75) is 39.7 Å². The molecule has 1 aromatic heterocycles. The van der Waals surface area contributed by atoms with Crippen molar-refractivity contribution in [1.82, 2.24) is 4.57 Å². The number of benzene rings is 2. The van der Waals surface area contributed by atoms with E-state index in [-0.39, 0.29) is 11.3 Å². The number of nitrogens with zero attached hydrogens (tertiary/aromatic N) is 2. The van der Waals surface area contributed by atoms with Crippen LogP contribution in [0.5, 0.6) is 17.2 Å². The summed E-state index contributed by atoms with van der Waals surface area (Å²) in [6.07, 6.45) is 3.72. The maximum atomic E-state index is 13.7. The number of allylic oxidation sites excluding steroid dienone is 1. The van der Waals surface area contributed by atoms with Crippen LogP contribution in [0.1, 0.15) is 50.8 Å². The second-order valence-corrected chi connectivity index (χ2v) is 9.51. The van der Waals surface area contributed by atoms with E-state index >= 15 is 0 Å². The van der Waals surface area contributed by atoms with Gasteiger partial charge in [-0.2, -0.15) is 0 Å². The van der Waals surface area contributed by atoms with Crippen LogP contribution in [0, 0.1) is 0 Å². The second kappa shape index (κ2) is 11.5. The van der Waals surface area contributed by atoms with Gasteiger partial charge in [0.25, 0.3) is 5.56 Å². The Morgan fingerprint density at radius 2 is 1.92 bits per heavy atom. The smallest absolute Gasteiger partial charge is 0.338 e. The summed E-state index contributed by atoms with van der Waals surface area (Å²) in [5, 5.41) is 10.0. The zero-order chi connectivity index (χ0) is 26.5. The lowest BCUT2D eigenvalue weighted by Crippen LogP contribution is -2.39. The summed E-state index contributed by atoms with van der Waals surface area (Å²) in [6, 6.07) is 11.6. The van der Waals surface area contributed by atoms with Gasteiger partial charge in [-0.25, -0.2) is 9.79 Å². The molecule has 0 saturated heterocycles. The lowest BCUT2D eigenvalue weighted by atomic mass is 9.96. The number of phenols is 1. The fourth-order valence-corrected chi connectivity index (χ4v) is 5.18. The first-order valence-corrected chi connectivity index (χ1v) is 13.0. The number of hydrogen-bond donors (Lipinski definition) is 1. The summed E-state index contributed by atoms with van der Waals surface area (Å²) in [7, 11) is 1.32. The largest absolute Gasteiger partial charge is 0.504 e. The minimum atomic E-state index is -0.700. The van der Waals surface area contributed by atoms with Crippen LogP contribution in [0.15, 0.2) is 63.5 Å². The number of esters is 1. The van der Waals surface area contributed by atoms with Crippen molar-refractivity contribution in [1.29, 1.82) is 0 Å². The highest BCUT2D eigenvalue weighted by Gasteiger charge is 2.33. The van der Waals surface area contributed by atoms with Gasteiger partial charge in [-0.05, 0) is 61.7 Å². The molecule has 9 heteroatoms. The van der Waals surface area contributed by atoms with Gasteiger partial charge in [0.05, 0.1) is 42.2 Å². The van der Waals surface area contributed by atoms with Gasteiger partial charge in [0, 0.05) is 0 Å². The predicted molar refractivity (Wildman–Crippen MR) is 142 cm³/mol. The Bertz CT molecular complexity index is 1500. The predicted octanol–water partition coefficient (Wildman–Crippen LogP) is 3.69. The number of aromatic nitrogens is 1. The first-order chi connectivity index (χ1) is 17.9. The number of ether oxygens (including phenoxy) is 3. The number of rotatable bonds is 9. The average molecular weight is 523 g/mol. The number of aromatic hydroxyl groups is 1. The molecule has 0 spiro atoms. The van der Waals surface area contributed by atoms with E-state index in [1.807, 2.05) is 31.2 Å². The molecule has 1 N–H and O–H groups in total. The molecule has 0 radical (unpaired) electrons. The average Bonchev–Trinajstić information content (AvgIpc) is 3.19. The van der Waals surface area contributed by atoms with Crippen LogP contribution in [-0.4, -0.2) is 36.0 Å². The maximum absolute atomic E-state index is 13.7. The van der Waals surface area contributed by atoms with Crippen molar-refractivity contribution in [3.8, 4) is 17.2 Å². The Labute approximate surface area is 218 Å². The third-order valence-corrected chi connectivity index (χ3v) is 6.95. The zero-order valence-electron chi connectivity index (χ0n) is 21.3. The highest BCUT2D eigenvalue weighted by Crippen LogP contribution is 2.32. The number of phenolic OH excluding ortho intramolecular Hbond substituents is 1. The van der Waals surface area contributed by atoms with Gasteiger partial charge in [0.15, 0.2) is 16.3 Å². The summed E-state index contributed by atoms with van der Waals surface area (Å²) in [5.74, 6) is 0.555. The van der Waals surface area contributed by atoms with Crippen molar-refractivity contribution in [2.75, 3.05) is 20.3 Å². The van der Waals surface area contributed by atoms with Crippen LogP contribution >= 0.6 is 11.3 Å². The number of fused-ring (bicyclic) bond motifs is 1. The maximum Gasteiger partial charge on any atom is 0.338 e. The number of methoxy groups -OCH3 is 1. The molecule has 2 aromatic carbocycles. The molecular weight excluding hydrogens is 492 g/mol. The summed E-state index contributed by atoms with van der Waals surface area (Å²) in [6.45, 7) is 6.70. The van der Waals surface area contributed by atoms with Gasteiger partial charge in [0.1, 0.15) is 5.75 Å². The Morgan fingerprint density at radius 3 is 2.59 bits per heavy atom. The van der Waals surface area contributed by atoms with Gasteiger partial charge in [-0.3, -0.25) is 9.36 Å². The van der Waals surface area contributed by atoms with Crippen molar-refractivity contribution in [2.24, 2.45) is 4.99 Å². The van der Waals surface area contributed by atoms with E-state index in [4.69, 9.17) is 14.2 Å². The van der Waals surface area contributed by atoms with E-state index in [0.717, 1.165) is 24.2 Å². The molecule has 3 aromatic rings. The van der Waals surface area contributed by atoms with Gasteiger partial charge in [-0.1, -0.05) is 42.9 Å². The first kappa shape index (κ1) is 26.2. The molecule has 1 aliphatic heterocycles. The normalized spacial score (nSPS) is 15.2. The van der Waals surface area contributed by atoms with Crippen LogP contribution in [0.3, 0.4) is 0 Å². The van der Waals surface area contributed by atoms with Crippen LogP contribution in [0.25, 0.3) is 6.08 Å². The second-order valence-electron chi connectivity index (χ2n) is 8.50. The third-order valence-electron chi connectivity index (χ3n) is 5.97. The topological polar surface area (TPSA) is 99.4 Å². The Hall–Kier alpha value is -3.85. The first-order valence-electron chi connectivity index (χ1n) is 12.2. The van der Waals surface area contributed by atoms with Gasteiger partial charge in [-0.15, -0.1) is 0 Å². The van der Waals surface area contributed by atoms with E-state index in [1.54, 1.807) is 25.1 Å². The van der Waals surface area contributed by atoms with Gasteiger partial charge >= 0.3 is 5.97 Å². The minimum Gasteiger partial charge on any atom is -0.504 e. The molecule has 0 amide bonds. The molecule has 37 heavy (non-hydrogen) atoms. The molecule has 8 nitrogen and oxygen atoms in total. The highest BCUT2D eigenvalue weighted by atomic mass is 32.1. The van der Waals surface area contributed by atoms with Crippen molar-refractivity contribution in [3.63, 3.8) is 0 Å². The summed E-state index contributed by atoms with van der Waals surface area (Å²) in [4.78, 5) is 31.6. The van der Waals surface area contributed by atoms with Crippen molar-refractivity contribution < 1.29 is 24.1 Å². The number of unbranched alkanes of at least 4 members (excludes halogenated alkanes) is 1. The van der Waals surface area contributed by atoms with Crippen LogP contribution in [-0.2, 0) is 9.53 Å². The molecule has 0 fully saturated rings. The van der Waals surface area contributed by atoms with Crippen LogP contribution in [0.2, 0.25) is 0 Å². The monoisotopic (exact) mass is 522 g/mol. The summed E-state index contributed by atoms with van der Waals surface area (Å²) < 4.78 is 18.3. The third kappa shape index (κ3) is 5.46.